The van der Waals surface area contributed by atoms with Gasteiger partial charge in [-0.1, -0.05) is 5.16 Å². The quantitative estimate of drug-likeness (QED) is 0.781. The second kappa shape index (κ2) is 6.75. The van der Waals surface area contributed by atoms with Gasteiger partial charge in [0, 0.05) is 29.2 Å². The van der Waals surface area contributed by atoms with Gasteiger partial charge in [0.15, 0.2) is 0 Å². The Kier molecular flexibility index (Phi) is 4.52. The Morgan fingerprint density at radius 3 is 2.91 bits per heavy atom. The van der Waals surface area contributed by atoms with E-state index in [1.807, 2.05) is 37.4 Å². The third kappa shape index (κ3) is 3.65. The molecule has 6 heteroatoms. The first kappa shape index (κ1) is 15.4. The number of carbonyl (C=O) groups excluding carboxylic acids is 1. The van der Waals surface area contributed by atoms with Crippen LogP contribution in [0.25, 0.3) is 11.3 Å². The van der Waals surface area contributed by atoms with Gasteiger partial charge >= 0.3 is 0 Å². The molecule has 0 bridgehead atoms. The highest BCUT2D eigenvalue weighted by Crippen LogP contribution is 2.20. The summed E-state index contributed by atoms with van der Waals surface area (Å²) in [4.78, 5) is 16.5. The van der Waals surface area contributed by atoms with Crippen LogP contribution in [0.2, 0.25) is 0 Å². The van der Waals surface area contributed by atoms with E-state index in [9.17, 15) is 4.79 Å². The highest BCUT2D eigenvalue weighted by molar-refractivity contribution is 7.08. The summed E-state index contributed by atoms with van der Waals surface area (Å²) in [6.45, 7) is 4.13. The van der Waals surface area contributed by atoms with Crippen molar-refractivity contribution in [3.63, 3.8) is 0 Å². The number of pyridine rings is 1. The largest absolute Gasteiger partial charge is 0.361 e. The minimum Gasteiger partial charge on any atom is -0.361 e. The van der Waals surface area contributed by atoms with Gasteiger partial charge in [0.2, 0.25) is 5.91 Å². The number of nitrogens with one attached hydrogen (secondary N) is 1. The number of rotatable bonds is 5. The molecular formula is C17H17N3O2S. The molecular weight excluding hydrogens is 310 g/mol. The summed E-state index contributed by atoms with van der Waals surface area (Å²) in [6.07, 6.45) is 2.05. The minimum absolute atomic E-state index is 0.0479. The lowest BCUT2D eigenvalue weighted by molar-refractivity contribution is -0.120. The van der Waals surface area contributed by atoms with Crippen molar-refractivity contribution in [2.45, 2.75) is 26.8 Å². The first-order valence-electron chi connectivity index (χ1n) is 7.29. The summed E-state index contributed by atoms with van der Waals surface area (Å²) >= 11 is 1.64. The minimum atomic E-state index is -0.0479. The van der Waals surface area contributed by atoms with Crippen molar-refractivity contribution in [2.75, 3.05) is 0 Å². The molecule has 3 heterocycles. The van der Waals surface area contributed by atoms with Gasteiger partial charge in [0.05, 0.1) is 17.8 Å². The van der Waals surface area contributed by atoms with Crippen LogP contribution in [0.4, 0.5) is 0 Å². The second-order valence-electron chi connectivity index (χ2n) is 5.32. The van der Waals surface area contributed by atoms with E-state index in [0.717, 1.165) is 28.1 Å². The zero-order valence-electron chi connectivity index (χ0n) is 13.0. The van der Waals surface area contributed by atoms with Crippen LogP contribution in [0.5, 0.6) is 0 Å². The molecule has 0 aliphatic rings. The summed E-state index contributed by atoms with van der Waals surface area (Å²) in [5.74, 6) is 0.648. The Hall–Kier alpha value is -2.47. The maximum atomic E-state index is 12.1. The van der Waals surface area contributed by atoms with Crippen LogP contribution < -0.4 is 5.32 Å². The molecule has 0 atom stereocenters. The fraction of sp³-hybridized carbons (Fsp3) is 0.235. The van der Waals surface area contributed by atoms with Crippen molar-refractivity contribution in [2.24, 2.45) is 0 Å². The fourth-order valence-corrected chi connectivity index (χ4v) is 2.98. The summed E-state index contributed by atoms with van der Waals surface area (Å²) in [5.41, 5.74) is 4.66. The molecule has 0 spiro atoms. The molecule has 0 saturated carbocycles. The predicted octanol–water partition coefficient (Wildman–Crippen LogP) is 3.27. The lowest BCUT2D eigenvalue weighted by Gasteiger charge is -2.06. The summed E-state index contributed by atoms with van der Waals surface area (Å²) in [5, 5.41) is 10.9. The molecule has 5 nitrogen and oxygen atoms in total. The van der Waals surface area contributed by atoms with Gasteiger partial charge in [-0.25, -0.2) is 0 Å². The average Bonchev–Trinajstić information content (AvgIpc) is 3.19. The maximum absolute atomic E-state index is 12.1. The van der Waals surface area contributed by atoms with Crippen molar-refractivity contribution >= 4 is 17.2 Å². The highest BCUT2D eigenvalue weighted by atomic mass is 32.1. The molecule has 0 fully saturated rings. The van der Waals surface area contributed by atoms with Crippen molar-refractivity contribution < 1.29 is 9.32 Å². The molecule has 0 aliphatic carbocycles. The third-order valence-electron chi connectivity index (χ3n) is 3.65. The Bertz CT molecular complexity index is 790. The fourth-order valence-electron chi connectivity index (χ4n) is 2.33. The number of thiophene rings is 1. The molecule has 0 aromatic carbocycles. The van der Waals surface area contributed by atoms with Crippen LogP contribution in [0.1, 0.15) is 22.6 Å². The van der Waals surface area contributed by atoms with Crippen LogP contribution in [-0.2, 0) is 17.8 Å². The molecule has 3 rings (SSSR count). The summed E-state index contributed by atoms with van der Waals surface area (Å²) < 4.78 is 5.08. The number of aromatic nitrogens is 2. The monoisotopic (exact) mass is 327 g/mol. The molecule has 0 radical (unpaired) electrons. The highest BCUT2D eigenvalue weighted by Gasteiger charge is 2.13. The number of hydrogen-bond donors (Lipinski definition) is 1. The number of hydrogen-bond acceptors (Lipinski definition) is 5. The van der Waals surface area contributed by atoms with E-state index in [1.165, 1.54) is 0 Å². The maximum Gasteiger partial charge on any atom is 0.224 e. The molecule has 118 valence electrons. The Morgan fingerprint density at radius 2 is 2.22 bits per heavy atom. The number of aryl methyl sites for hydroxylation is 2. The molecule has 3 aromatic rings. The predicted molar refractivity (Wildman–Crippen MR) is 89.1 cm³/mol. The van der Waals surface area contributed by atoms with E-state index in [0.29, 0.717) is 12.3 Å². The molecule has 1 amide bonds. The molecule has 0 aliphatic heterocycles. The Labute approximate surface area is 138 Å². The van der Waals surface area contributed by atoms with Crippen LogP contribution in [0, 0.1) is 13.8 Å². The van der Waals surface area contributed by atoms with Crippen molar-refractivity contribution in [1.29, 1.82) is 0 Å². The molecule has 1 N–H and O–H groups in total. The summed E-state index contributed by atoms with van der Waals surface area (Å²) in [6, 6.07) is 5.94. The zero-order valence-corrected chi connectivity index (χ0v) is 13.8. The number of nitrogens with zero attached hydrogens (tertiary/aromatic N) is 2. The van der Waals surface area contributed by atoms with E-state index >= 15 is 0 Å². The SMILES string of the molecule is Cc1noc(C)c1CC(=O)NCc1ccnc(-c2ccsc2)c1. The van der Waals surface area contributed by atoms with E-state index in [4.69, 9.17) is 4.52 Å². The van der Waals surface area contributed by atoms with Crippen molar-refractivity contribution in [3.8, 4) is 11.3 Å². The first-order valence-corrected chi connectivity index (χ1v) is 8.23. The van der Waals surface area contributed by atoms with Crippen molar-refractivity contribution in [1.82, 2.24) is 15.5 Å². The molecule has 0 saturated heterocycles. The van der Waals surface area contributed by atoms with Crippen LogP contribution in [0.15, 0.2) is 39.7 Å². The Morgan fingerprint density at radius 1 is 1.35 bits per heavy atom. The number of carbonyl (C=O) groups is 1. The van der Waals surface area contributed by atoms with Gasteiger partial charge in [-0.05, 0) is 43.0 Å². The molecule has 3 aromatic heterocycles. The van der Waals surface area contributed by atoms with Gasteiger partial charge in [0.25, 0.3) is 0 Å². The van der Waals surface area contributed by atoms with Crippen LogP contribution >= 0.6 is 11.3 Å². The van der Waals surface area contributed by atoms with Gasteiger partial charge in [-0.3, -0.25) is 9.78 Å². The topological polar surface area (TPSA) is 68.0 Å². The molecule has 0 unspecified atom stereocenters. The lowest BCUT2D eigenvalue weighted by atomic mass is 10.1. The van der Waals surface area contributed by atoms with Gasteiger partial charge in [-0.15, -0.1) is 0 Å². The van der Waals surface area contributed by atoms with E-state index in [-0.39, 0.29) is 12.3 Å². The third-order valence-corrected chi connectivity index (χ3v) is 4.33. The second-order valence-corrected chi connectivity index (χ2v) is 6.10. The zero-order chi connectivity index (χ0) is 16.2. The number of amides is 1. The standard InChI is InChI=1S/C17H17N3O2S/c1-11-15(12(2)22-20-11)8-17(21)19-9-13-3-5-18-16(7-13)14-4-6-23-10-14/h3-7,10H,8-9H2,1-2H3,(H,19,21). The normalized spacial score (nSPS) is 10.7. The Balaban J connectivity index is 1.62. The average molecular weight is 327 g/mol. The first-order chi connectivity index (χ1) is 11.1. The van der Waals surface area contributed by atoms with Crippen molar-refractivity contribution in [3.05, 3.63) is 57.7 Å². The summed E-state index contributed by atoms with van der Waals surface area (Å²) in [7, 11) is 0. The molecule has 23 heavy (non-hydrogen) atoms. The van der Waals surface area contributed by atoms with Gasteiger partial charge in [0.1, 0.15) is 5.76 Å². The van der Waals surface area contributed by atoms with E-state index in [2.05, 4.69) is 20.8 Å². The van der Waals surface area contributed by atoms with Crippen LogP contribution in [-0.4, -0.2) is 16.0 Å². The van der Waals surface area contributed by atoms with E-state index in [1.54, 1.807) is 17.5 Å². The lowest BCUT2D eigenvalue weighted by Crippen LogP contribution is -2.25. The smallest absolute Gasteiger partial charge is 0.224 e. The van der Waals surface area contributed by atoms with Crippen LogP contribution in [0.3, 0.4) is 0 Å². The van der Waals surface area contributed by atoms with E-state index < -0.39 is 0 Å². The van der Waals surface area contributed by atoms with Gasteiger partial charge in [-0.2, -0.15) is 11.3 Å². The van der Waals surface area contributed by atoms with Gasteiger partial charge < -0.3 is 9.84 Å².